The molecule has 0 aliphatic rings. The zero-order valence-electron chi connectivity index (χ0n) is 8.65. The molecule has 84 valence electrons. The van der Waals surface area contributed by atoms with Gasteiger partial charge >= 0.3 is 7.75 Å². The summed E-state index contributed by atoms with van der Waals surface area (Å²) in [4.78, 5) is 19.5. The van der Waals surface area contributed by atoms with Crippen molar-refractivity contribution in [2.45, 2.75) is 39.5 Å². The van der Waals surface area contributed by atoms with E-state index in [-0.39, 0.29) is 6.61 Å². The van der Waals surface area contributed by atoms with Crippen LogP contribution in [0.2, 0.25) is 0 Å². The fourth-order valence-corrected chi connectivity index (χ4v) is 1.79. The van der Waals surface area contributed by atoms with Crippen LogP contribution < -0.4 is 5.09 Å². The van der Waals surface area contributed by atoms with Gasteiger partial charge in [0.2, 0.25) is 5.91 Å². The quantitative estimate of drug-likeness (QED) is 0.510. The van der Waals surface area contributed by atoms with Crippen LogP contribution >= 0.6 is 7.75 Å². The molecule has 0 aliphatic heterocycles. The third-order valence-corrected chi connectivity index (χ3v) is 2.69. The van der Waals surface area contributed by atoms with Crippen LogP contribution in [0, 0.1) is 0 Å². The first-order chi connectivity index (χ1) is 6.48. The van der Waals surface area contributed by atoms with Crippen molar-refractivity contribution >= 4 is 13.7 Å². The van der Waals surface area contributed by atoms with E-state index in [0.29, 0.717) is 0 Å². The average molecular weight is 223 g/mol. The summed E-state index contributed by atoms with van der Waals surface area (Å²) in [6.07, 6.45) is 3.89. The normalized spacial score (nSPS) is 14.8. The number of hydrogen-bond acceptors (Lipinski definition) is 3. The maximum absolute atomic E-state index is 11.1. The van der Waals surface area contributed by atoms with Crippen molar-refractivity contribution in [2.75, 3.05) is 6.61 Å². The first-order valence-electron chi connectivity index (χ1n) is 4.74. The van der Waals surface area contributed by atoms with Gasteiger partial charge in [-0.3, -0.25) is 14.4 Å². The summed E-state index contributed by atoms with van der Waals surface area (Å²) in [5, 5.41) is 1.86. The van der Waals surface area contributed by atoms with Crippen LogP contribution in [0.3, 0.4) is 0 Å². The standard InChI is InChI=1S/C8H18NO4P/c1-3-4-5-6-7-13-14(11,12)9-8(2)10/h3-7H2,1-2H3,(H2,9,10,11,12). The fraction of sp³-hybridized carbons (Fsp3) is 0.875. The zero-order chi connectivity index (χ0) is 11.0. The monoisotopic (exact) mass is 223 g/mol. The van der Waals surface area contributed by atoms with Crippen molar-refractivity contribution in [1.29, 1.82) is 0 Å². The van der Waals surface area contributed by atoms with Gasteiger partial charge in [0.05, 0.1) is 6.61 Å². The zero-order valence-corrected chi connectivity index (χ0v) is 9.55. The number of nitrogens with one attached hydrogen (secondary N) is 1. The van der Waals surface area contributed by atoms with Gasteiger partial charge in [0, 0.05) is 6.92 Å². The molecule has 14 heavy (non-hydrogen) atoms. The van der Waals surface area contributed by atoms with Crippen LogP contribution in [0.5, 0.6) is 0 Å². The van der Waals surface area contributed by atoms with Crippen LogP contribution in [-0.4, -0.2) is 17.4 Å². The van der Waals surface area contributed by atoms with Crippen LogP contribution in [0.1, 0.15) is 39.5 Å². The predicted molar refractivity (Wildman–Crippen MR) is 53.7 cm³/mol. The van der Waals surface area contributed by atoms with E-state index >= 15 is 0 Å². The van der Waals surface area contributed by atoms with E-state index in [1.807, 2.05) is 5.09 Å². The molecule has 0 spiro atoms. The summed E-state index contributed by atoms with van der Waals surface area (Å²) in [5.41, 5.74) is 0. The largest absolute Gasteiger partial charge is 0.432 e. The number of carbonyl (C=O) groups is 1. The van der Waals surface area contributed by atoms with E-state index in [1.54, 1.807) is 0 Å². The molecule has 0 fully saturated rings. The molecule has 2 N–H and O–H groups in total. The number of unbranched alkanes of at least 4 members (excludes halogenated alkanes) is 3. The second-order valence-electron chi connectivity index (χ2n) is 3.08. The molecule has 0 aromatic rings. The Morgan fingerprint density at radius 3 is 2.57 bits per heavy atom. The number of rotatable bonds is 7. The third-order valence-electron chi connectivity index (χ3n) is 1.56. The van der Waals surface area contributed by atoms with Crippen molar-refractivity contribution in [3.8, 4) is 0 Å². The molecule has 0 radical (unpaired) electrons. The van der Waals surface area contributed by atoms with Crippen molar-refractivity contribution < 1.29 is 18.8 Å². The molecule has 1 unspecified atom stereocenters. The van der Waals surface area contributed by atoms with Gasteiger partial charge in [-0.15, -0.1) is 0 Å². The van der Waals surface area contributed by atoms with Crippen molar-refractivity contribution in [2.24, 2.45) is 0 Å². The topological polar surface area (TPSA) is 75.6 Å². The van der Waals surface area contributed by atoms with Gasteiger partial charge in [-0.05, 0) is 6.42 Å². The smallest absolute Gasteiger partial charge is 0.308 e. The maximum Gasteiger partial charge on any atom is 0.432 e. The molecular formula is C8H18NO4P. The molecule has 1 atom stereocenters. The van der Waals surface area contributed by atoms with E-state index in [2.05, 4.69) is 11.4 Å². The Kier molecular flexibility index (Phi) is 6.79. The van der Waals surface area contributed by atoms with Crippen molar-refractivity contribution in [3.63, 3.8) is 0 Å². The lowest BCUT2D eigenvalue weighted by Gasteiger charge is -2.11. The van der Waals surface area contributed by atoms with Gasteiger partial charge in [0.15, 0.2) is 0 Å². The van der Waals surface area contributed by atoms with Crippen LogP contribution in [0.25, 0.3) is 0 Å². The van der Waals surface area contributed by atoms with Crippen LogP contribution in [0.15, 0.2) is 0 Å². The van der Waals surface area contributed by atoms with E-state index in [1.165, 1.54) is 6.92 Å². The summed E-state index contributed by atoms with van der Waals surface area (Å²) in [6.45, 7) is 3.45. The van der Waals surface area contributed by atoms with E-state index in [9.17, 15) is 9.36 Å². The Morgan fingerprint density at radius 1 is 1.43 bits per heavy atom. The average Bonchev–Trinajstić information content (AvgIpc) is 2.01. The first-order valence-corrected chi connectivity index (χ1v) is 6.32. The van der Waals surface area contributed by atoms with Crippen molar-refractivity contribution in [3.05, 3.63) is 0 Å². The second-order valence-corrected chi connectivity index (χ2v) is 4.60. The van der Waals surface area contributed by atoms with Gasteiger partial charge in [-0.1, -0.05) is 26.2 Å². The van der Waals surface area contributed by atoms with Gasteiger partial charge in [-0.25, -0.2) is 4.57 Å². The maximum atomic E-state index is 11.1. The Morgan fingerprint density at radius 2 is 2.07 bits per heavy atom. The SMILES string of the molecule is CCCCCCOP(=O)(O)NC(C)=O. The minimum atomic E-state index is -3.90. The van der Waals surface area contributed by atoms with Gasteiger partial charge in [-0.2, -0.15) is 0 Å². The minimum absolute atomic E-state index is 0.202. The van der Waals surface area contributed by atoms with Crippen molar-refractivity contribution in [1.82, 2.24) is 5.09 Å². The Labute approximate surface area is 84.4 Å². The first kappa shape index (κ1) is 13.6. The number of amides is 1. The van der Waals surface area contributed by atoms with Crippen LogP contribution in [-0.2, 0) is 13.9 Å². The fourth-order valence-electron chi connectivity index (χ4n) is 0.948. The second kappa shape index (κ2) is 6.98. The Bertz CT molecular complexity index is 219. The predicted octanol–water partition coefficient (Wildman–Crippen LogP) is 1.82. The minimum Gasteiger partial charge on any atom is -0.308 e. The molecule has 0 bridgehead atoms. The molecule has 0 saturated carbocycles. The van der Waals surface area contributed by atoms with Crippen LogP contribution in [0.4, 0.5) is 0 Å². The summed E-state index contributed by atoms with van der Waals surface area (Å²) in [5.74, 6) is -0.565. The lowest BCUT2D eigenvalue weighted by atomic mass is 10.2. The van der Waals surface area contributed by atoms with Gasteiger partial charge in [0.1, 0.15) is 0 Å². The summed E-state index contributed by atoms with van der Waals surface area (Å²) in [7, 11) is -3.90. The lowest BCUT2D eigenvalue weighted by molar-refractivity contribution is -0.117. The summed E-state index contributed by atoms with van der Waals surface area (Å²) in [6, 6.07) is 0. The molecule has 0 saturated heterocycles. The Hall–Kier alpha value is -0.380. The molecule has 5 nitrogen and oxygen atoms in total. The third kappa shape index (κ3) is 8.23. The molecule has 6 heteroatoms. The molecule has 0 aromatic carbocycles. The van der Waals surface area contributed by atoms with E-state index in [0.717, 1.165) is 25.7 Å². The molecule has 0 aliphatic carbocycles. The highest BCUT2D eigenvalue weighted by Gasteiger charge is 2.19. The Balaban J connectivity index is 3.56. The molecule has 1 amide bonds. The summed E-state index contributed by atoms with van der Waals surface area (Å²) < 4.78 is 15.7. The van der Waals surface area contributed by atoms with Gasteiger partial charge < -0.3 is 4.89 Å². The molecule has 0 aromatic heterocycles. The van der Waals surface area contributed by atoms with E-state index < -0.39 is 13.7 Å². The highest BCUT2D eigenvalue weighted by Crippen LogP contribution is 2.36. The highest BCUT2D eigenvalue weighted by molar-refractivity contribution is 7.51. The van der Waals surface area contributed by atoms with Gasteiger partial charge in [0.25, 0.3) is 0 Å². The summed E-state index contributed by atoms with van der Waals surface area (Å²) >= 11 is 0. The molecular weight excluding hydrogens is 205 g/mol. The number of carbonyl (C=O) groups excluding carboxylic acids is 1. The molecule has 0 heterocycles. The van der Waals surface area contributed by atoms with E-state index in [4.69, 9.17) is 4.89 Å². The molecule has 0 rings (SSSR count). The lowest BCUT2D eigenvalue weighted by Crippen LogP contribution is -2.17. The highest BCUT2D eigenvalue weighted by atomic mass is 31.2. The number of hydrogen-bond donors (Lipinski definition) is 2.